The Hall–Kier alpha value is -1.63. The average Bonchev–Trinajstić information content (AvgIpc) is 2.00. The van der Waals surface area contributed by atoms with Gasteiger partial charge < -0.3 is 10.2 Å². The first-order valence-electron chi connectivity index (χ1n) is 3.75. The molecule has 0 heterocycles. The highest BCUT2D eigenvalue weighted by Crippen LogP contribution is 2.26. The van der Waals surface area contributed by atoms with Crippen molar-refractivity contribution in [1.82, 2.24) is 0 Å². The van der Waals surface area contributed by atoms with Gasteiger partial charge >= 0.3 is 16.2 Å². The lowest BCUT2D eigenvalue weighted by molar-refractivity contribution is 0.0693. The molecular weight excluding hydrogens is 227 g/mol. The summed E-state index contributed by atoms with van der Waals surface area (Å²) in [5.41, 5.74) is -0.711. The Morgan fingerprint density at radius 3 is 2.33 bits per heavy atom. The normalized spacial score (nSPS) is 11.3. The number of aromatic carboxylic acids is 1. The van der Waals surface area contributed by atoms with Crippen LogP contribution in [0.15, 0.2) is 17.0 Å². The minimum Gasteiger partial charge on any atom is -0.507 e. The lowest BCUT2D eigenvalue weighted by atomic mass is 10.1. The zero-order chi connectivity index (χ0) is 11.8. The van der Waals surface area contributed by atoms with E-state index >= 15 is 0 Å². The van der Waals surface area contributed by atoms with Crippen molar-refractivity contribution in [2.45, 2.75) is 11.8 Å². The molecule has 1 aromatic carbocycles. The summed E-state index contributed by atoms with van der Waals surface area (Å²) in [6, 6.07) is 1.47. The van der Waals surface area contributed by atoms with Gasteiger partial charge in [0.1, 0.15) is 16.2 Å². The van der Waals surface area contributed by atoms with Gasteiger partial charge in [-0.2, -0.15) is 8.42 Å². The van der Waals surface area contributed by atoms with E-state index in [1.165, 1.54) is 6.92 Å². The number of phenols is 1. The van der Waals surface area contributed by atoms with Crippen molar-refractivity contribution >= 4 is 16.2 Å². The third-order valence-corrected chi connectivity index (χ3v) is 2.75. The summed E-state index contributed by atoms with van der Waals surface area (Å²) in [6.07, 6.45) is 0. The zero-order valence-corrected chi connectivity index (χ0v) is 8.38. The predicted octanol–water partition coefficient (Wildman–Crippen LogP) is 1.06. The van der Waals surface area contributed by atoms with Crippen LogP contribution in [0.4, 0.5) is 3.89 Å². The van der Waals surface area contributed by atoms with Crippen molar-refractivity contribution in [2.75, 3.05) is 0 Å². The van der Waals surface area contributed by atoms with Crippen molar-refractivity contribution in [1.29, 1.82) is 0 Å². The van der Waals surface area contributed by atoms with Gasteiger partial charge in [-0.25, -0.2) is 4.79 Å². The minimum absolute atomic E-state index is 0.0556. The van der Waals surface area contributed by atoms with Crippen LogP contribution in [0.1, 0.15) is 15.9 Å². The van der Waals surface area contributed by atoms with E-state index in [9.17, 15) is 17.1 Å². The molecule has 15 heavy (non-hydrogen) atoms. The molecule has 0 aromatic heterocycles. The van der Waals surface area contributed by atoms with Crippen LogP contribution in [0, 0.1) is 6.92 Å². The molecule has 0 spiro atoms. The summed E-state index contributed by atoms with van der Waals surface area (Å²) in [5, 5.41) is 17.7. The zero-order valence-electron chi connectivity index (χ0n) is 7.56. The van der Waals surface area contributed by atoms with E-state index in [0.29, 0.717) is 6.07 Å². The first-order chi connectivity index (χ1) is 6.73. The Morgan fingerprint density at radius 2 is 1.93 bits per heavy atom. The maximum Gasteiger partial charge on any atom is 0.339 e. The molecule has 1 rings (SSSR count). The number of benzene rings is 1. The summed E-state index contributed by atoms with van der Waals surface area (Å²) in [4.78, 5) is 9.78. The number of aromatic hydroxyl groups is 1. The number of carboxylic acids is 1. The van der Waals surface area contributed by atoms with Crippen molar-refractivity contribution in [3.63, 3.8) is 0 Å². The largest absolute Gasteiger partial charge is 0.507 e. The van der Waals surface area contributed by atoms with Crippen LogP contribution < -0.4 is 0 Å². The summed E-state index contributed by atoms with van der Waals surface area (Å²) in [7, 11) is -4.98. The third-order valence-electron chi connectivity index (χ3n) is 1.79. The molecule has 0 radical (unpaired) electrons. The van der Waals surface area contributed by atoms with Gasteiger partial charge in [0.15, 0.2) is 0 Å². The topological polar surface area (TPSA) is 91.7 Å². The van der Waals surface area contributed by atoms with E-state index in [1.807, 2.05) is 0 Å². The van der Waals surface area contributed by atoms with Crippen molar-refractivity contribution in [3.8, 4) is 5.75 Å². The van der Waals surface area contributed by atoms with Gasteiger partial charge in [0.05, 0.1) is 0 Å². The molecule has 0 saturated heterocycles. The molecule has 5 nitrogen and oxygen atoms in total. The first-order valence-corrected chi connectivity index (χ1v) is 5.13. The number of aryl methyl sites for hydroxylation is 1. The summed E-state index contributed by atoms with van der Waals surface area (Å²) >= 11 is 0. The van der Waals surface area contributed by atoms with Crippen LogP contribution in [-0.4, -0.2) is 24.6 Å². The molecule has 7 heteroatoms. The number of hydrogen-bond donors (Lipinski definition) is 2. The molecule has 0 atom stereocenters. The van der Waals surface area contributed by atoms with Crippen LogP contribution in [-0.2, 0) is 10.2 Å². The van der Waals surface area contributed by atoms with E-state index in [2.05, 4.69) is 0 Å². The number of halogens is 1. The number of rotatable bonds is 2. The molecular formula is C8H7FO5S. The van der Waals surface area contributed by atoms with Gasteiger partial charge in [0, 0.05) is 0 Å². The second-order valence-electron chi connectivity index (χ2n) is 2.88. The Morgan fingerprint density at radius 1 is 1.40 bits per heavy atom. The van der Waals surface area contributed by atoms with Crippen molar-refractivity contribution in [3.05, 3.63) is 23.3 Å². The molecule has 0 aliphatic heterocycles. The molecule has 82 valence electrons. The van der Waals surface area contributed by atoms with E-state index in [0.717, 1.165) is 6.07 Å². The Balaban J connectivity index is 3.58. The second-order valence-corrected chi connectivity index (χ2v) is 4.19. The molecule has 0 aliphatic carbocycles. The molecule has 0 unspecified atom stereocenters. The smallest absolute Gasteiger partial charge is 0.339 e. The van der Waals surface area contributed by atoms with Crippen molar-refractivity contribution in [2.24, 2.45) is 0 Å². The lowest BCUT2D eigenvalue weighted by Gasteiger charge is -2.04. The Bertz CT molecular complexity index is 520. The average molecular weight is 234 g/mol. The van der Waals surface area contributed by atoms with Gasteiger partial charge in [-0.15, -0.1) is 3.89 Å². The molecule has 1 aromatic rings. The molecule has 0 amide bonds. The number of hydrogen-bond acceptors (Lipinski definition) is 4. The Labute approximate surface area is 85.0 Å². The summed E-state index contributed by atoms with van der Waals surface area (Å²) in [6.45, 7) is 1.25. The van der Waals surface area contributed by atoms with Gasteiger partial charge in [-0.1, -0.05) is 0 Å². The predicted molar refractivity (Wildman–Crippen MR) is 48.1 cm³/mol. The fourth-order valence-electron chi connectivity index (χ4n) is 1.11. The van der Waals surface area contributed by atoms with E-state index in [1.54, 1.807) is 0 Å². The van der Waals surface area contributed by atoms with E-state index < -0.39 is 32.4 Å². The maximum absolute atomic E-state index is 12.7. The number of carboxylic acid groups (broad SMARTS) is 1. The molecule has 0 bridgehead atoms. The van der Waals surface area contributed by atoms with Gasteiger partial charge in [0.25, 0.3) is 0 Å². The highest BCUT2D eigenvalue weighted by atomic mass is 32.3. The summed E-state index contributed by atoms with van der Waals surface area (Å²) < 4.78 is 33.9. The van der Waals surface area contributed by atoms with E-state index in [4.69, 9.17) is 10.2 Å². The molecule has 0 aliphatic rings. The molecule has 0 fully saturated rings. The number of carbonyl (C=O) groups is 1. The lowest BCUT2D eigenvalue weighted by Crippen LogP contribution is -2.02. The monoisotopic (exact) mass is 234 g/mol. The van der Waals surface area contributed by atoms with Gasteiger partial charge in [-0.3, -0.25) is 0 Å². The van der Waals surface area contributed by atoms with Crippen LogP contribution in [0.2, 0.25) is 0 Å². The fraction of sp³-hybridized carbons (Fsp3) is 0.125. The second kappa shape index (κ2) is 3.50. The summed E-state index contributed by atoms with van der Waals surface area (Å²) in [5.74, 6) is -2.13. The van der Waals surface area contributed by atoms with Crippen LogP contribution in [0.25, 0.3) is 0 Å². The van der Waals surface area contributed by atoms with Crippen LogP contribution in [0.3, 0.4) is 0 Å². The minimum atomic E-state index is -4.98. The Kier molecular flexibility index (Phi) is 2.67. The maximum atomic E-state index is 12.7. The molecule has 2 N–H and O–H groups in total. The SMILES string of the molecule is Cc1cc(O)c(C(=O)O)cc1S(=O)(=O)F. The fourth-order valence-corrected chi connectivity index (χ4v) is 1.81. The highest BCUT2D eigenvalue weighted by Gasteiger charge is 2.20. The van der Waals surface area contributed by atoms with Crippen LogP contribution >= 0.6 is 0 Å². The van der Waals surface area contributed by atoms with Gasteiger partial charge in [-0.05, 0) is 24.6 Å². The van der Waals surface area contributed by atoms with Crippen LogP contribution in [0.5, 0.6) is 5.75 Å². The third kappa shape index (κ3) is 2.24. The van der Waals surface area contributed by atoms with Crippen molar-refractivity contribution < 1.29 is 27.3 Å². The standard InChI is InChI=1S/C8H7FO5S/c1-4-2-6(10)5(8(11)12)3-7(4)15(9,13)14/h2-3,10H,1H3,(H,11,12). The highest BCUT2D eigenvalue weighted by molar-refractivity contribution is 7.86. The van der Waals surface area contributed by atoms with Gasteiger partial charge in [0.2, 0.25) is 0 Å². The first kappa shape index (κ1) is 11.4. The molecule has 0 saturated carbocycles. The van der Waals surface area contributed by atoms with E-state index in [-0.39, 0.29) is 5.56 Å². The quantitative estimate of drug-likeness (QED) is 0.746.